The molecule has 0 atom stereocenters. The number of anilines is 2. The lowest BCUT2D eigenvalue weighted by atomic mass is 10.3. The summed E-state index contributed by atoms with van der Waals surface area (Å²) in [5.41, 5.74) is 0.958. The van der Waals surface area contributed by atoms with Crippen LogP contribution in [0.25, 0.3) is 0 Å². The van der Waals surface area contributed by atoms with Gasteiger partial charge in [-0.2, -0.15) is 0 Å². The summed E-state index contributed by atoms with van der Waals surface area (Å²) in [6.45, 7) is 5.04. The second kappa shape index (κ2) is 8.28. The van der Waals surface area contributed by atoms with Crippen molar-refractivity contribution < 1.29 is 14.3 Å². The van der Waals surface area contributed by atoms with Crippen LogP contribution in [0.3, 0.4) is 0 Å². The molecule has 1 aliphatic heterocycles. The summed E-state index contributed by atoms with van der Waals surface area (Å²) in [6, 6.07) is 8.75. The largest absolute Gasteiger partial charge is 0.494 e. The van der Waals surface area contributed by atoms with Crippen molar-refractivity contribution in [3.63, 3.8) is 0 Å². The predicted molar refractivity (Wildman–Crippen MR) is 97.4 cm³/mol. The second-order valence-corrected chi connectivity index (χ2v) is 5.78. The van der Waals surface area contributed by atoms with Crippen molar-refractivity contribution in [2.75, 3.05) is 43.0 Å². The van der Waals surface area contributed by atoms with Gasteiger partial charge in [-0.25, -0.2) is 9.97 Å². The van der Waals surface area contributed by atoms with Crippen molar-refractivity contribution >= 4 is 24.0 Å². The van der Waals surface area contributed by atoms with E-state index < -0.39 is 0 Å². The number of rotatable bonds is 6. The molecule has 8 heteroatoms. The van der Waals surface area contributed by atoms with E-state index in [1.807, 2.05) is 11.8 Å². The van der Waals surface area contributed by atoms with Crippen LogP contribution in [0.2, 0.25) is 0 Å². The molecule has 8 nitrogen and oxygen atoms in total. The van der Waals surface area contributed by atoms with Gasteiger partial charge in [-0.1, -0.05) is 0 Å². The molecular weight excluding hydrogens is 334 g/mol. The Hall–Kier alpha value is -3.16. The summed E-state index contributed by atoms with van der Waals surface area (Å²) < 4.78 is 5.38. The fraction of sp³-hybridized carbons (Fsp3) is 0.333. The van der Waals surface area contributed by atoms with Crippen LogP contribution in [0.15, 0.2) is 36.5 Å². The summed E-state index contributed by atoms with van der Waals surface area (Å²) in [7, 11) is 0. The fourth-order valence-electron chi connectivity index (χ4n) is 2.65. The minimum absolute atomic E-state index is 0.293. The average molecular weight is 355 g/mol. The monoisotopic (exact) mass is 355 g/mol. The average Bonchev–Trinajstić information content (AvgIpc) is 2.70. The molecular formula is C18H21N5O3. The zero-order valence-corrected chi connectivity index (χ0v) is 14.6. The molecule has 0 radical (unpaired) electrons. The van der Waals surface area contributed by atoms with Crippen molar-refractivity contribution in [2.45, 2.75) is 6.92 Å². The third kappa shape index (κ3) is 4.27. The van der Waals surface area contributed by atoms with Crippen molar-refractivity contribution in [2.24, 2.45) is 0 Å². The van der Waals surface area contributed by atoms with Gasteiger partial charge in [0.2, 0.25) is 12.4 Å². The molecule has 1 N–H and O–H groups in total. The van der Waals surface area contributed by atoms with E-state index in [1.54, 1.807) is 41.4 Å². The Bertz CT molecular complexity index is 758. The topological polar surface area (TPSA) is 87.7 Å². The minimum Gasteiger partial charge on any atom is -0.494 e. The van der Waals surface area contributed by atoms with Gasteiger partial charge in [0, 0.05) is 38.1 Å². The molecule has 1 aliphatic rings. The number of carbonyl (C=O) groups excluding carboxylic acids is 2. The summed E-state index contributed by atoms with van der Waals surface area (Å²) in [5, 5.41) is 2.82. The van der Waals surface area contributed by atoms with E-state index in [2.05, 4.69) is 15.3 Å². The van der Waals surface area contributed by atoms with E-state index in [0.717, 1.165) is 12.2 Å². The molecule has 26 heavy (non-hydrogen) atoms. The zero-order chi connectivity index (χ0) is 18.4. The second-order valence-electron chi connectivity index (χ2n) is 5.78. The van der Waals surface area contributed by atoms with E-state index in [9.17, 15) is 9.59 Å². The number of hydrogen-bond acceptors (Lipinski definition) is 6. The van der Waals surface area contributed by atoms with Crippen molar-refractivity contribution in [1.29, 1.82) is 0 Å². The quantitative estimate of drug-likeness (QED) is 0.788. The SMILES string of the molecule is CCOc1ccc(NC(=O)c2ccnc(N3CCN(C=O)CC3)n2)cc1. The highest BCUT2D eigenvalue weighted by Crippen LogP contribution is 2.17. The first-order valence-electron chi connectivity index (χ1n) is 8.51. The molecule has 0 bridgehead atoms. The number of piperazine rings is 1. The zero-order valence-electron chi connectivity index (χ0n) is 14.6. The fourth-order valence-corrected chi connectivity index (χ4v) is 2.65. The maximum atomic E-state index is 12.5. The van der Waals surface area contributed by atoms with Gasteiger partial charge in [0.15, 0.2) is 0 Å². The first-order valence-corrected chi connectivity index (χ1v) is 8.51. The van der Waals surface area contributed by atoms with Gasteiger partial charge in [-0.15, -0.1) is 0 Å². The number of benzene rings is 1. The van der Waals surface area contributed by atoms with Gasteiger partial charge in [0.05, 0.1) is 6.61 Å². The number of nitrogens with one attached hydrogen (secondary N) is 1. The molecule has 2 amide bonds. The Morgan fingerprint density at radius 2 is 1.92 bits per heavy atom. The van der Waals surface area contributed by atoms with Crippen LogP contribution in [0.1, 0.15) is 17.4 Å². The number of hydrogen-bond donors (Lipinski definition) is 1. The van der Waals surface area contributed by atoms with E-state index in [-0.39, 0.29) is 5.91 Å². The smallest absolute Gasteiger partial charge is 0.274 e. The molecule has 2 aromatic rings. The molecule has 1 aromatic carbocycles. The lowest BCUT2D eigenvalue weighted by Crippen LogP contribution is -2.46. The Morgan fingerprint density at radius 3 is 2.58 bits per heavy atom. The Labute approximate surface area is 151 Å². The van der Waals surface area contributed by atoms with Crippen molar-refractivity contribution in [1.82, 2.24) is 14.9 Å². The minimum atomic E-state index is -0.302. The Balaban J connectivity index is 1.65. The standard InChI is InChI=1S/C18H21N5O3/c1-2-26-15-5-3-14(4-6-15)20-17(25)16-7-8-19-18(21-16)23-11-9-22(13-24)10-12-23/h3-8,13H,2,9-12H2,1H3,(H,20,25). The van der Waals surface area contributed by atoms with E-state index >= 15 is 0 Å². The molecule has 136 valence electrons. The molecule has 1 saturated heterocycles. The number of carbonyl (C=O) groups is 2. The normalized spacial score (nSPS) is 14.0. The maximum Gasteiger partial charge on any atom is 0.274 e. The molecule has 0 unspecified atom stereocenters. The van der Waals surface area contributed by atoms with Crippen molar-refractivity contribution in [3.8, 4) is 5.75 Å². The lowest BCUT2D eigenvalue weighted by Gasteiger charge is -2.32. The molecule has 1 fully saturated rings. The number of amides is 2. The summed E-state index contributed by atoms with van der Waals surface area (Å²) >= 11 is 0. The first-order chi connectivity index (χ1) is 12.7. The van der Waals surface area contributed by atoms with Crippen LogP contribution in [0, 0.1) is 0 Å². The highest BCUT2D eigenvalue weighted by molar-refractivity contribution is 6.03. The van der Waals surface area contributed by atoms with E-state index in [1.165, 1.54) is 0 Å². The van der Waals surface area contributed by atoms with Gasteiger partial charge in [-0.05, 0) is 37.3 Å². The number of ether oxygens (including phenoxy) is 1. The highest BCUT2D eigenvalue weighted by atomic mass is 16.5. The van der Waals surface area contributed by atoms with E-state index in [0.29, 0.717) is 50.1 Å². The number of nitrogens with zero attached hydrogens (tertiary/aromatic N) is 4. The molecule has 3 rings (SSSR count). The highest BCUT2D eigenvalue weighted by Gasteiger charge is 2.19. The first kappa shape index (κ1) is 17.7. The van der Waals surface area contributed by atoms with Crippen molar-refractivity contribution in [3.05, 3.63) is 42.2 Å². The number of aromatic nitrogens is 2. The Kier molecular flexibility index (Phi) is 5.62. The molecule has 2 heterocycles. The van der Waals surface area contributed by atoms with Gasteiger partial charge < -0.3 is 19.9 Å². The van der Waals surface area contributed by atoms with Crippen LogP contribution < -0.4 is 15.0 Å². The molecule has 1 aromatic heterocycles. The van der Waals surface area contributed by atoms with Crippen LogP contribution >= 0.6 is 0 Å². The van der Waals surface area contributed by atoms with Gasteiger partial charge in [0.1, 0.15) is 11.4 Å². The van der Waals surface area contributed by atoms with Crippen LogP contribution in [0.4, 0.5) is 11.6 Å². The van der Waals surface area contributed by atoms with E-state index in [4.69, 9.17) is 4.74 Å². The lowest BCUT2D eigenvalue weighted by molar-refractivity contribution is -0.118. The molecule has 0 spiro atoms. The van der Waals surface area contributed by atoms with Crippen LogP contribution in [0.5, 0.6) is 5.75 Å². The predicted octanol–water partition coefficient (Wildman–Crippen LogP) is 1.41. The van der Waals surface area contributed by atoms with Crippen LogP contribution in [-0.4, -0.2) is 60.0 Å². The summed E-state index contributed by atoms with van der Waals surface area (Å²) in [6.07, 6.45) is 2.42. The summed E-state index contributed by atoms with van der Waals surface area (Å²) in [5.74, 6) is 0.948. The van der Waals surface area contributed by atoms with Gasteiger partial charge in [0.25, 0.3) is 5.91 Å². The summed E-state index contributed by atoms with van der Waals surface area (Å²) in [4.78, 5) is 35.5. The van der Waals surface area contributed by atoms with Gasteiger partial charge >= 0.3 is 0 Å². The Morgan fingerprint density at radius 1 is 1.19 bits per heavy atom. The molecule has 0 aliphatic carbocycles. The third-order valence-electron chi connectivity index (χ3n) is 4.04. The van der Waals surface area contributed by atoms with Crippen LogP contribution in [-0.2, 0) is 4.79 Å². The third-order valence-corrected chi connectivity index (χ3v) is 4.04. The van der Waals surface area contributed by atoms with Gasteiger partial charge in [-0.3, -0.25) is 9.59 Å². The maximum absolute atomic E-state index is 12.5. The molecule has 0 saturated carbocycles.